The molecule has 1 fully saturated rings. The molecule has 3 aliphatic heterocycles. The number of fused-ring (bicyclic) bond motifs is 2. The number of carbonyl (C=O) groups is 12. The first kappa shape index (κ1) is 94.8. The van der Waals surface area contributed by atoms with E-state index in [0.29, 0.717) is 50.7 Å². The number of anilines is 2. The number of nitrogens with two attached hydrogens (primary N) is 4. The molecule has 9 rings (SSSR count). The second-order valence-corrected chi connectivity index (χ2v) is 33.7. The molecule has 0 unspecified atom stereocenters. The third-order valence-corrected chi connectivity index (χ3v) is 23.9. The number of rotatable bonds is 43. The Labute approximate surface area is 722 Å². The predicted molar refractivity (Wildman–Crippen MR) is 470 cm³/mol. The number of nitrogens with one attached hydrogen (secondary N) is 13. The molecule has 4 aliphatic rings. The summed E-state index contributed by atoms with van der Waals surface area (Å²) in [6, 6.07) is 38.1. The van der Waals surface area contributed by atoms with Gasteiger partial charge in [0.25, 0.3) is 11.8 Å². The van der Waals surface area contributed by atoms with Crippen molar-refractivity contribution >= 4 is 133 Å². The number of primary amides is 1. The number of piperidine rings is 1. The second-order valence-electron chi connectivity index (χ2n) is 30.8. The molecule has 5 aromatic rings. The molecular formula is C86H110N21O15S2+. The number of hydrogen-bond donors (Lipinski definition) is 17. The fraction of sp³-hybridized carbons (Fsp3) is 0.384. The highest BCUT2D eigenvalue weighted by Gasteiger charge is 2.40. The fourth-order valence-electron chi connectivity index (χ4n) is 14.1. The summed E-state index contributed by atoms with van der Waals surface area (Å²) in [6.45, 7) is 4.88. The zero-order chi connectivity index (χ0) is 89.9. The Hall–Kier alpha value is -13.1. The van der Waals surface area contributed by atoms with Gasteiger partial charge in [0.05, 0.1) is 29.0 Å². The number of sulfonamides is 1. The van der Waals surface area contributed by atoms with Gasteiger partial charge in [-0.1, -0.05) is 113 Å². The van der Waals surface area contributed by atoms with Crippen LogP contribution in [0, 0.1) is 28.6 Å². The summed E-state index contributed by atoms with van der Waals surface area (Å²) >= 11 is 0.702. The molecule has 5 aromatic carbocycles. The average molecular weight is 1740 g/mol. The SMILES string of the molecule is CC(C)C[C@H](NC(=O)[C@@H](Cc1ccccc1)NC(=O)CNC(=O)CN)C(=O)N[C@@H](CCCNC(=N)N)C(=O)N[C@@H](CCCNC(=N)N)C(=O)N[C@H](C(=O)N[C@@H](CSC1=CC(=O)N(CNC(=O)C2CCN(S(=O)(=O)c3ccccc3-c3c4ccc(=[N+](C)c5ccccc5)cc-4oc4cc(N(C)c5ccccc5)ccc34)CC2)C1=O)C(=O)NCCC(N)=O)C(C)C. The van der Waals surface area contributed by atoms with Crippen molar-refractivity contribution in [2.45, 2.75) is 127 Å². The molecular weight excluding hydrogens is 1630 g/mol. The first-order chi connectivity index (χ1) is 59.2. The largest absolute Gasteiger partial charge is 0.456 e. The van der Waals surface area contributed by atoms with Crippen molar-refractivity contribution in [3.8, 4) is 22.5 Å². The lowest BCUT2D eigenvalue weighted by Gasteiger charge is -2.31. The van der Waals surface area contributed by atoms with Gasteiger partial charge in [-0.25, -0.2) is 8.42 Å². The Morgan fingerprint density at radius 1 is 0.605 bits per heavy atom. The normalized spacial score (nSPS) is 14.8. The highest BCUT2D eigenvalue weighted by atomic mass is 32.2. The fourth-order valence-corrected chi connectivity index (χ4v) is 16.8. The van der Waals surface area contributed by atoms with E-state index >= 15 is 8.42 Å². The van der Waals surface area contributed by atoms with E-state index in [2.05, 4.69) is 58.5 Å². The number of thioether (sulfide) groups is 1. The standard InChI is InChI=1S/C86H109N21O15S2/c1-51(2)42-64(101-82(117)65(43-53-20-10-7-11-21-53)98-73(110)48-96-72(109)47-87)81(116)100-62(27-18-37-94-85(89)90)79(114)99-63(28-19-38-95-86(91)92)80(115)103-76(52(3)4)83(118)102-66(78(113)93-39-34-71(88)108)49-123-69-46-74(111)107(84(69)119)50-97-77(112)54-35-40-106(41-36-54)124(120,121)70-29-17-16-26-61(70)75-59-32-30-57(104(5)55-22-12-8-13-23-55)44-67(59)122-68-45-58(31-33-60(68)75)105(6)56-24-14-9-15-25-56/h7-17,20-26,29-33,44-46,51-52,54,62-66,76H,18-19,27-28,34-43,47-50,87H2,1-6H3,(H18-,88,89,90,91,92,93,94,95,96,97,98,99,100,101,102,103,108,109,110,112,113,114,115,116,117,118)/p+1/t62-,63-,64-,65+,66-,76-/m0/s1. The lowest BCUT2D eigenvalue weighted by Crippen LogP contribution is -2.61. The van der Waals surface area contributed by atoms with Crippen LogP contribution < -0.4 is 96.3 Å². The molecule has 12 amide bonds. The van der Waals surface area contributed by atoms with E-state index in [-0.39, 0.29) is 112 Å². The average Bonchev–Trinajstić information content (AvgIpc) is 0.843. The first-order valence-corrected chi connectivity index (χ1v) is 43.2. The van der Waals surface area contributed by atoms with Crippen LogP contribution in [0.15, 0.2) is 172 Å². The Bertz CT molecular complexity index is 5240. The van der Waals surface area contributed by atoms with Crippen LogP contribution in [0.4, 0.5) is 17.1 Å². The topological polar surface area (TPSA) is 549 Å². The van der Waals surface area contributed by atoms with E-state index in [4.69, 9.17) is 38.2 Å². The van der Waals surface area contributed by atoms with Gasteiger partial charge in [-0.15, -0.1) is 11.8 Å². The molecule has 6 atom stereocenters. The van der Waals surface area contributed by atoms with Gasteiger partial charge in [-0.2, -0.15) is 8.88 Å². The smallest absolute Gasteiger partial charge is 0.268 e. The number of carbonyl (C=O) groups excluding carboxylic acids is 12. The number of guanidine groups is 2. The maximum absolute atomic E-state index is 15.2. The molecule has 1 saturated heterocycles. The number of benzene rings is 6. The summed E-state index contributed by atoms with van der Waals surface area (Å²) in [7, 11) is -0.373. The third kappa shape index (κ3) is 26.5. The van der Waals surface area contributed by atoms with Crippen molar-refractivity contribution in [2.24, 2.45) is 40.7 Å². The van der Waals surface area contributed by atoms with Crippen molar-refractivity contribution in [2.75, 3.05) is 77.2 Å². The Balaban J connectivity index is 0.856. The molecule has 1 aliphatic carbocycles. The summed E-state index contributed by atoms with van der Waals surface area (Å²) in [5.41, 5.74) is 27.5. The maximum atomic E-state index is 15.2. The predicted octanol–water partition coefficient (Wildman–Crippen LogP) is 1.61. The summed E-state index contributed by atoms with van der Waals surface area (Å²) in [4.78, 5) is 168. The quantitative estimate of drug-likeness (QED) is 0.00645. The van der Waals surface area contributed by atoms with E-state index < -0.39 is 160 Å². The van der Waals surface area contributed by atoms with E-state index in [1.807, 2.05) is 121 Å². The van der Waals surface area contributed by atoms with Crippen LogP contribution in [-0.2, 0) is 74.0 Å². The first-order valence-electron chi connectivity index (χ1n) is 40.7. The number of imide groups is 1. The second kappa shape index (κ2) is 45.2. The maximum Gasteiger partial charge on any atom is 0.268 e. The minimum absolute atomic E-state index is 0.0211. The van der Waals surface area contributed by atoms with Crippen LogP contribution in [0.5, 0.6) is 0 Å². The highest BCUT2D eigenvalue weighted by Crippen LogP contribution is 2.44. The summed E-state index contributed by atoms with van der Waals surface area (Å²) in [6.07, 6.45) is 0.682. The van der Waals surface area contributed by atoms with E-state index in [1.165, 1.54) is 4.31 Å². The van der Waals surface area contributed by atoms with Gasteiger partial charge in [-0.3, -0.25) is 73.3 Å². The molecule has 660 valence electrons. The summed E-state index contributed by atoms with van der Waals surface area (Å²) in [5.74, 6) is -12.1. The number of amides is 12. The van der Waals surface area contributed by atoms with Crippen LogP contribution in [0.2, 0.25) is 0 Å². The highest BCUT2D eigenvalue weighted by molar-refractivity contribution is 8.04. The minimum Gasteiger partial charge on any atom is -0.456 e. The molecule has 0 radical (unpaired) electrons. The van der Waals surface area contributed by atoms with Crippen molar-refractivity contribution in [3.05, 3.63) is 174 Å². The Kier molecular flexibility index (Phi) is 34.5. The van der Waals surface area contributed by atoms with Crippen LogP contribution in [0.3, 0.4) is 0 Å². The zero-order valence-corrected chi connectivity index (χ0v) is 71.6. The van der Waals surface area contributed by atoms with E-state index in [9.17, 15) is 57.5 Å². The Morgan fingerprint density at radius 3 is 1.80 bits per heavy atom. The molecule has 0 saturated carbocycles. The molecule has 0 spiro atoms. The molecule has 38 heteroatoms. The van der Waals surface area contributed by atoms with Gasteiger partial charge >= 0.3 is 0 Å². The van der Waals surface area contributed by atoms with Crippen LogP contribution in [0.25, 0.3) is 33.4 Å². The van der Waals surface area contributed by atoms with Gasteiger partial charge < -0.3 is 90.7 Å². The molecule has 0 bridgehead atoms. The van der Waals surface area contributed by atoms with Crippen LogP contribution >= 0.6 is 11.8 Å². The number of nitrogens with zero attached hydrogens (tertiary/aromatic N) is 4. The number of hydrogen-bond acceptors (Lipinski definition) is 20. The molecule has 124 heavy (non-hydrogen) atoms. The monoisotopic (exact) mass is 1740 g/mol. The molecule has 0 aromatic heterocycles. The van der Waals surface area contributed by atoms with E-state index in [0.717, 1.165) is 33.4 Å². The number of para-hydroxylation sites is 2. The Morgan fingerprint density at radius 2 is 1.19 bits per heavy atom. The van der Waals surface area contributed by atoms with Crippen molar-refractivity contribution in [3.63, 3.8) is 0 Å². The molecule has 21 N–H and O–H groups in total. The van der Waals surface area contributed by atoms with Gasteiger partial charge in [-0.05, 0) is 98.7 Å². The van der Waals surface area contributed by atoms with Crippen molar-refractivity contribution in [1.29, 1.82) is 10.8 Å². The summed E-state index contributed by atoms with van der Waals surface area (Å²) < 4.78 is 40.5. The van der Waals surface area contributed by atoms with Gasteiger partial charge in [0.2, 0.25) is 80.1 Å². The van der Waals surface area contributed by atoms with Gasteiger partial charge in [0.1, 0.15) is 61.3 Å². The van der Waals surface area contributed by atoms with Gasteiger partial charge in [0, 0.05) is 128 Å². The van der Waals surface area contributed by atoms with Crippen LogP contribution in [0.1, 0.15) is 84.6 Å². The summed E-state index contributed by atoms with van der Waals surface area (Å²) in [5, 5.41) is 45.7. The van der Waals surface area contributed by atoms with Crippen LogP contribution in [-0.4, -0.2) is 209 Å². The third-order valence-electron chi connectivity index (χ3n) is 20.8. The van der Waals surface area contributed by atoms with Gasteiger partial charge in [0.15, 0.2) is 11.9 Å². The lowest BCUT2D eigenvalue weighted by atomic mass is 9.93. The zero-order valence-electron chi connectivity index (χ0n) is 70.0. The van der Waals surface area contributed by atoms with Crippen molar-refractivity contribution < 1.29 is 70.4 Å². The lowest BCUT2D eigenvalue weighted by molar-refractivity contribution is -0.138. The van der Waals surface area contributed by atoms with Crippen molar-refractivity contribution in [1.82, 2.24) is 72.3 Å². The molecule has 3 heterocycles. The van der Waals surface area contributed by atoms with E-state index in [1.54, 1.807) is 82.3 Å². The molecule has 36 nitrogen and oxygen atoms in total. The minimum atomic E-state index is -4.27.